The molecule has 0 saturated heterocycles. The zero-order chi connectivity index (χ0) is 17.8. The number of carbonyl (C=O) groups is 3. The van der Waals surface area contributed by atoms with Gasteiger partial charge in [-0.15, -0.1) is 0 Å². The molecule has 0 fully saturated rings. The van der Waals surface area contributed by atoms with Crippen LogP contribution < -0.4 is 0 Å². The summed E-state index contributed by atoms with van der Waals surface area (Å²) in [7, 11) is 0. The van der Waals surface area contributed by atoms with Crippen molar-refractivity contribution in [2.75, 3.05) is 13.2 Å². The van der Waals surface area contributed by atoms with E-state index in [0.29, 0.717) is 0 Å². The summed E-state index contributed by atoms with van der Waals surface area (Å²) in [6.07, 6.45) is 0. The monoisotopic (exact) mass is 332 g/mol. The molecule has 0 heterocycles. The largest absolute Gasteiger partial charge is 0.465 e. The summed E-state index contributed by atoms with van der Waals surface area (Å²) in [6, 6.07) is 0.434. The lowest BCUT2D eigenvalue weighted by Gasteiger charge is -2.23. The zero-order valence-corrected chi connectivity index (χ0v) is 12.7. The first-order valence-corrected chi connectivity index (χ1v) is 6.73. The lowest BCUT2D eigenvalue weighted by Crippen LogP contribution is -2.46. The van der Waals surface area contributed by atoms with E-state index >= 15 is 0 Å². The van der Waals surface area contributed by atoms with Crippen molar-refractivity contribution in [1.82, 2.24) is 0 Å². The molecule has 1 aromatic rings. The van der Waals surface area contributed by atoms with Crippen molar-refractivity contribution >= 4 is 17.7 Å². The first kappa shape index (κ1) is 18.7. The Labute approximate surface area is 130 Å². The average molecular weight is 332 g/mol. The molecular weight excluding hydrogens is 317 g/mol. The summed E-state index contributed by atoms with van der Waals surface area (Å²) in [5.41, 5.74) is -3.48. The molecule has 1 aromatic carbocycles. The highest BCUT2D eigenvalue weighted by molar-refractivity contribution is 6.25. The molecule has 0 bridgehead atoms. The molecule has 0 aliphatic rings. The smallest absolute Gasteiger partial charge is 0.331 e. The molecule has 0 amide bonds. The molecule has 0 radical (unpaired) electrons. The van der Waals surface area contributed by atoms with Gasteiger partial charge in [-0.2, -0.15) is 0 Å². The third kappa shape index (κ3) is 3.52. The summed E-state index contributed by atoms with van der Waals surface area (Å²) in [5.74, 6) is -8.34. The van der Waals surface area contributed by atoms with Gasteiger partial charge in [0.2, 0.25) is 5.41 Å². The SMILES string of the molecule is CCOC(=O)C(C)(C(=O)OCC)C(=O)c1cc(F)c(F)cc1F. The Hall–Kier alpha value is -2.38. The highest BCUT2D eigenvalue weighted by Crippen LogP contribution is 2.29. The van der Waals surface area contributed by atoms with Crippen molar-refractivity contribution in [3.63, 3.8) is 0 Å². The van der Waals surface area contributed by atoms with Crippen molar-refractivity contribution in [2.45, 2.75) is 20.8 Å². The van der Waals surface area contributed by atoms with Crippen LogP contribution in [0.25, 0.3) is 0 Å². The summed E-state index contributed by atoms with van der Waals surface area (Å²) in [5, 5.41) is 0. The zero-order valence-electron chi connectivity index (χ0n) is 12.7. The van der Waals surface area contributed by atoms with E-state index in [2.05, 4.69) is 9.47 Å². The van der Waals surface area contributed by atoms with Crippen LogP contribution in [-0.4, -0.2) is 30.9 Å². The minimum Gasteiger partial charge on any atom is -0.465 e. The van der Waals surface area contributed by atoms with Gasteiger partial charge in [0.05, 0.1) is 18.8 Å². The van der Waals surface area contributed by atoms with Crippen molar-refractivity contribution < 1.29 is 37.0 Å². The van der Waals surface area contributed by atoms with E-state index < -0.39 is 46.2 Å². The van der Waals surface area contributed by atoms with Crippen LogP contribution in [0.4, 0.5) is 13.2 Å². The highest BCUT2D eigenvalue weighted by atomic mass is 19.2. The van der Waals surface area contributed by atoms with Crippen molar-refractivity contribution in [2.24, 2.45) is 5.41 Å². The lowest BCUT2D eigenvalue weighted by molar-refractivity contribution is -0.166. The number of hydrogen-bond donors (Lipinski definition) is 0. The van der Waals surface area contributed by atoms with E-state index in [9.17, 15) is 27.6 Å². The van der Waals surface area contributed by atoms with Gasteiger partial charge in [-0.3, -0.25) is 14.4 Å². The quantitative estimate of drug-likeness (QED) is 0.346. The normalized spacial score (nSPS) is 11.0. The molecular formula is C15H15F3O5. The maximum atomic E-state index is 13.8. The third-order valence-electron chi connectivity index (χ3n) is 3.08. The van der Waals surface area contributed by atoms with E-state index in [1.54, 1.807) is 0 Å². The Morgan fingerprint density at radius 2 is 1.35 bits per heavy atom. The van der Waals surface area contributed by atoms with E-state index in [0.717, 1.165) is 6.92 Å². The Morgan fingerprint density at radius 1 is 0.913 bits per heavy atom. The fourth-order valence-electron chi connectivity index (χ4n) is 1.79. The van der Waals surface area contributed by atoms with Crippen LogP contribution in [-0.2, 0) is 19.1 Å². The number of ketones is 1. The standard InChI is InChI=1S/C15H15F3O5/c1-4-22-13(20)15(3,14(21)23-5-2)12(19)8-6-10(17)11(18)7-9(8)16/h6-7H,4-5H2,1-3H3. The van der Waals surface area contributed by atoms with Crippen LogP contribution in [0.2, 0.25) is 0 Å². The number of ether oxygens (including phenoxy) is 2. The molecule has 23 heavy (non-hydrogen) atoms. The van der Waals surface area contributed by atoms with Gasteiger partial charge in [0.25, 0.3) is 0 Å². The van der Waals surface area contributed by atoms with Crippen LogP contribution in [0.5, 0.6) is 0 Å². The van der Waals surface area contributed by atoms with Crippen molar-refractivity contribution in [3.05, 3.63) is 35.1 Å². The predicted octanol–water partition coefficient (Wildman–Crippen LogP) is 2.42. The number of carbonyl (C=O) groups excluding carboxylic acids is 3. The van der Waals surface area contributed by atoms with Crippen LogP contribution in [0, 0.1) is 22.9 Å². The van der Waals surface area contributed by atoms with Crippen molar-refractivity contribution in [3.8, 4) is 0 Å². The van der Waals surface area contributed by atoms with Gasteiger partial charge >= 0.3 is 11.9 Å². The molecule has 1 rings (SSSR count). The van der Waals surface area contributed by atoms with Crippen LogP contribution in [0.3, 0.4) is 0 Å². The van der Waals surface area contributed by atoms with Crippen LogP contribution >= 0.6 is 0 Å². The molecule has 0 N–H and O–H groups in total. The van der Waals surface area contributed by atoms with Gasteiger partial charge < -0.3 is 9.47 Å². The minimum atomic E-state index is -2.53. The minimum absolute atomic E-state index is 0.151. The molecule has 0 atom stereocenters. The molecule has 5 nitrogen and oxygen atoms in total. The first-order valence-electron chi connectivity index (χ1n) is 6.73. The highest BCUT2D eigenvalue weighted by Gasteiger charge is 2.52. The van der Waals surface area contributed by atoms with E-state index in [4.69, 9.17) is 0 Å². The molecule has 0 unspecified atom stereocenters. The van der Waals surface area contributed by atoms with Crippen molar-refractivity contribution in [1.29, 1.82) is 0 Å². The van der Waals surface area contributed by atoms with Gasteiger partial charge in [0.1, 0.15) is 5.82 Å². The Kier molecular flexibility index (Phi) is 5.89. The second kappa shape index (κ2) is 7.26. The maximum absolute atomic E-state index is 13.8. The Morgan fingerprint density at radius 3 is 1.78 bits per heavy atom. The summed E-state index contributed by atoms with van der Waals surface area (Å²) >= 11 is 0. The fourth-order valence-corrected chi connectivity index (χ4v) is 1.79. The predicted molar refractivity (Wildman–Crippen MR) is 72.0 cm³/mol. The number of hydrogen-bond acceptors (Lipinski definition) is 5. The number of benzene rings is 1. The number of halogens is 3. The summed E-state index contributed by atoms with van der Waals surface area (Å²) in [6.45, 7) is 3.45. The van der Waals surface area contributed by atoms with Crippen LogP contribution in [0.15, 0.2) is 12.1 Å². The number of rotatable bonds is 6. The second-order valence-corrected chi connectivity index (χ2v) is 4.64. The molecule has 0 spiro atoms. The molecule has 8 heteroatoms. The molecule has 0 aliphatic carbocycles. The molecule has 0 saturated carbocycles. The average Bonchev–Trinajstić information content (AvgIpc) is 2.49. The van der Waals surface area contributed by atoms with Gasteiger partial charge in [-0.05, 0) is 26.8 Å². The van der Waals surface area contributed by atoms with E-state index in [1.165, 1.54) is 13.8 Å². The third-order valence-corrected chi connectivity index (χ3v) is 3.08. The van der Waals surface area contributed by atoms with E-state index in [1.807, 2.05) is 0 Å². The Balaban J connectivity index is 3.43. The summed E-state index contributed by atoms with van der Waals surface area (Å²) in [4.78, 5) is 36.5. The molecule has 126 valence electrons. The second-order valence-electron chi connectivity index (χ2n) is 4.64. The van der Waals surface area contributed by atoms with Gasteiger partial charge in [-0.25, -0.2) is 13.2 Å². The van der Waals surface area contributed by atoms with E-state index in [-0.39, 0.29) is 25.3 Å². The maximum Gasteiger partial charge on any atom is 0.331 e. The van der Waals surface area contributed by atoms with Gasteiger partial charge in [0.15, 0.2) is 17.4 Å². The lowest BCUT2D eigenvalue weighted by atomic mass is 9.82. The van der Waals surface area contributed by atoms with Gasteiger partial charge in [0, 0.05) is 6.07 Å². The fraction of sp³-hybridized carbons (Fsp3) is 0.400. The number of esters is 2. The first-order chi connectivity index (χ1) is 10.7. The molecule has 0 aliphatic heterocycles. The summed E-state index contributed by atoms with van der Waals surface area (Å²) < 4.78 is 49.3. The van der Waals surface area contributed by atoms with Gasteiger partial charge in [-0.1, -0.05) is 0 Å². The Bertz CT molecular complexity index is 624. The molecule has 0 aromatic heterocycles. The topological polar surface area (TPSA) is 69.7 Å². The number of Topliss-reactive ketones (excluding diaryl/α,β-unsaturated/α-hetero) is 1. The van der Waals surface area contributed by atoms with Crippen LogP contribution in [0.1, 0.15) is 31.1 Å².